The highest BCUT2D eigenvalue weighted by Gasteiger charge is 2.29. The van der Waals surface area contributed by atoms with Crippen molar-refractivity contribution in [3.05, 3.63) is 82.6 Å². The Morgan fingerprint density at radius 3 is 2.35 bits per heavy atom. The molecule has 0 fully saturated rings. The summed E-state index contributed by atoms with van der Waals surface area (Å²) in [7, 11) is 0. The third-order valence-corrected chi connectivity index (χ3v) is 5.62. The lowest BCUT2D eigenvalue weighted by Crippen LogP contribution is -2.36. The van der Waals surface area contributed by atoms with E-state index in [1.807, 2.05) is 36.4 Å². The van der Waals surface area contributed by atoms with Gasteiger partial charge in [0.25, 0.3) is 0 Å². The number of hydrogen-bond donors (Lipinski definition) is 4. The number of alkyl carbamates (subject to hydrolysis) is 1. The average Bonchev–Trinajstić information content (AvgIpc) is 3.09. The van der Waals surface area contributed by atoms with Gasteiger partial charge in [0.2, 0.25) is 0 Å². The molecule has 31 heavy (non-hydrogen) atoms. The molecule has 8 heteroatoms. The summed E-state index contributed by atoms with van der Waals surface area (Å²) in [5, 5.41) is 23.2. The highest BCUT2D eigenvalue weighted by Crippen LogP contribution is 2.44. The third-order valence-electron chi connectivity index (χ3n) is 5.42. The molecule has 1 aliphatic rings. The van der Waals surface area contributed by atoms with E-state index < -0.39 is 18.3 Å². The zero-order valence-corrected chi connectivity index (χ0v) is 17.3. The van der Waals surface area contributed by atoms with Crippen molar-refractivity contribution >= 4 is 23.4 Å². The van der Waals surface area contributed by atoms with Crippen molar-refractivity contribution in [2.75, 3.05) is 18.9 Å². The molecular weight excluding hydrogens is 418 g/mol. The van der Waals surface area contributed by atoms with E-state index in [4.69, 9.17) is 22.1 Å². The molecule has 7 nitrogen and oxygen atoms in total. The number of ether oxygens (including phenoxy) is 1. The number of anilines is 1. The second kappa shape index (κ2) is 8.93. The first-order valence-electron chi connectivity index (χ1n) is 9.81. The van der Waals surface area contributed by atoms with Gasteiger partial charge in [-0.25, -0.2) is 9.78 Å². The standard InChI is InChI=1S/C23H22ClN3O4/c24-21-9-19(25)17(10-26-21)22(29)20(28)11-27-23(30)31-12-18-15-7-3-1-5-13(15)14-6-2-4-8-16(14)18/h1-10,18,20,22,28-29H,11-12H2,(H2,25,26)(H,27,30). The average molecular weight is 440 g/mol. The summed E-state index contributed by atoms with van der Waals surface area (Å²) in [6.07, 6.45) is -2.03. The summed E-state index contributed by atoms with van der Waals surface area (Å²) in [6, 6.07) is 17.5. The van der Waals surface area contributed by atoms with Crippen molar-refractivity contribution in [2.24, 2.45) is 0 Å². The fraction of sp³-hybridized carbons (Fsp3) is 0.217. The molecule has 3 aromatic rings. The molecule has 4 rings (SSSR count). The quantitative estimate of drug-likeness (QED) is 0.438. The lowest BCUT2D eigenvalue weighted by molar-refractivity contribution is 0.0188. The normalized spacial score (nSPS) is 14.4. The van der Waals surface area contributed by atoms with Crippen molar-refractivity contribution in [1.82, 2.24) is 10.3 Å². The second-order valence-electron chi connectivity index (χ2n) is 7.35. The number of hydrogen-bond acceptors (Lipinski definition) is 6. The highest BCUT2D eigenvalue weighted by atomic mass is 35.5. The van der Waals surface area contributed by atoms with Gasteiger partial charge in [-0.05, 0) is 28.3 Å². The van der Waals surface area contributed by atoms with E-state index in [0.29, 0.717) is 0 Å². The van der Waals surface area contributed by atoms with Crippen LogP contribution in [0.4, 0.5) is 10.5 Å². The van der Waals surface area contributed by atoms with E-state index in [2.05, 4.69) is 22.4 Å². The number of amides is 1. The molecule has 1 amide bonds. The number of rotatable bonds is 6. The summed E-state index contributed by atoms with van der Waals surface area (Å²) in [4.78, 5) is 16.1. The van der Waals surface area contributed by atoms with Gasteiger partial charge in [0, 0.05) is 29.9 Å². The topological polar surface area (TPSA) is 118 Å². The van der Waals surface area contributed by atoms with Gasteiger partial charge < -0.3 is 26.0 Å². The van der Waals surface area contributed by atoms with Crippen LogP contribution in [-0.2, 0) is 4.74 Å². The summed E-state index contributed by atoms with van der Waals surface area (Å²) in [6.45, 7) is -0.0630. The van der Waals surface area contributed by atoms with Crippen molar-refractivity contribution in [2.45, 2.75) is 18.1 Å². The van der Waals surface area contributed by atoms with E-state index in [9.17, 15) is 15.0 Å². The highest BCUT2D eigenvalue weighted by molar-refractivity contribution is 6.29. The van der Waals surface area contributed by atoms with E-state index >= 15 is 0 Å². The summed E-state index contributed by atoms with van der Waals surface area (Å²) >= 11 is 5.75. The smallest absolute Gasteiger partial charge is 0.407 e. The third kappa shape index (κ3) is 4.34. The maximum absolute atomic E-state index is 12.2. The molecule has 5 N–H and O–H groups in total. The Labute approximate surface area is 184 Å². The number of aromatic nitrogens is 1. The number of benzene rings is 2. The number of halogens is 1. The Balaban J connectivity index is 1.35. The summed E-state index contributed by atoms with van der Waals surface area (Å²) in [5.74, 6) is -0.0615. The van der Waals surface area contributed by atoms with Crippen LogP contribution in [0.3, 0.4) is 0 Å². The first kappa shape index (κ1) is 21.1. The molecule has 160 valence electrons. The maximum atomic E-state index is 12.2. The van der Waals surface area contributed by atoms with Crippen molar-refractivity contribution in [3.8, 4) is 11.1 Å². The van der Waals surface area contributed by atoms with Crippen LogP contribution < -0.4 is 11.1 Å². The van der Waals surface area contributed by atoms with Crippen LogP contribution in [0.2, 0.25) is 5.15 Å². The molecule has 1 aromatic heterocycles. The predicted molar refractivity (Wildman–Crippen MR) is 118 cm³/mol. The van der Waals surface area contributed by atoms with Gasteiger partial charge in [-0.3, -0.25) is 0 Å². The largest absolute Gasteiger partial charge is 0.449 e. The minimum Gasteiger partial charge on any atom is -0.449 e. The van der Waals surface area contributed by atoms with E-state index in [0.717, 1.165) is 22.3 Å². The Morgan fingerprint density at radius 1 is 1.13 bits per heavy atom. The monoisotopic (exact) mass is 439 g/mol. The number of nitrogens with one attached hydrogen (secondary N) is 1. The first-order valence-corrected chi connectivity index (χ1v) is 10.2. The van der Waals surface area contributed by atoms with Crippen LogP contribution in [0.1, 0.15) is 28.7 Å². The Morgan fingerprint density at radius 2 is 1.74 bits per heavy atom. The number of aliphatic hydroxyl groups is 2. The number of fused-ring (bicyclic) bond motifs is 3. The Bertz CT molecular complexity index is 1060. The Hall–Kier alpha value is -3.13. The van der Waals surface area contributed by atoms with Crippen molar-refractivity contribution in [3.63, 3.8) is 0 Å². The number of nitrogens with zero attached hydrogens (tertiary/aromatic N) is 1. The van der Waals surface area contributed by atoms with Crippen LogP contribution in [0, 0.1) is 0 Å². The lowest BCUT2D eigenvalue weighted by atomic mass is 9.98. The molecule has 2 atom stereocenters. The predicted octanol–water partition coefficient (Wildman–Crippen LogP) is 3.25. The van der Waals surface area contributed by atoms with Crippen molar-refractivity contribution < 1.29 is 19.7 Å². The fourth-order valence-electron chi connectivity index (χ4n) is 3.86. The molecule has 0 saturated carbocycles. The minimum absolute atomic E-state index is 0.0615. The van der Waals surface area contributed by atoms with E-state index in [1.165, 1.54) is 12.3 Å². The molecule has 2 aromatic carbocycles. The maximum Gasteiger partial charge on any atom is 0.407 e. The molecule has 0 aliphatic heterocycles. The van der Waals surface area contributed by atoms with Gasteiger partial charge in [0.05, 0.1) is 0 Å². The van der Waals surface area contributed by atoms with Crippen LogP contribution in [-0.4, -0.2) is 40.5 Å². The van der Waals surface area contributed by atoms with Gasteiger partial charge >= 0.3 is 6.09 Å². The van der Waals surface area contributed by atoms with Gasteiger partial charge in [-0.15, -0.1) is 0 Å². The van der Waals surface area contributed by atoms with Gasteiger partial charge in [0.15, 0.2) is 0 Å². The van der Waals surface area contributed by atoms with E-state index in [-0.39, 0.29) is 35.5 Å². The van der Waals surface area contributed by atoms with Crippen LogP contribution in [0.15, 0.2) is 60.8 Å². The van der Waals surface area contributed by atoms with Crippen LogP contribution in [0.25, 0.3) is 11.1 Å². The Kier molecular flexibility index (Phi) is 6.08. The van der Waals surface area contributed by atoms with Crippen LogP contribution >= 0.6 is 11.6 Å². The molecular formula is C23H22ClN3O4. The zero-order valence-electron chi connectivity index (χ0n) is 16.5. The van der Waals surface area contributed by atoms with Gasteiger partial charge in [-0.2, -0.15) is 0 Å². The number of nitrogen functional groups attached to an aromatic ring is 1. The van der Waals surface area contributed by atoms with Gasteiger partial charge in [-0.1, -0.05) is 60.1 Å². The minimum atomic E-state index is -1.33. The SMILES string of the molecule is Nc1cc(Cl)ncc1C(O)C(O)CNC(=O)OCC1c2ccccc2-c2ccccc21. The van der Waals surface area contributed by atoms with Crippen LogP contribution in [0.5, 0.6) is 0 Å². The molecule has 0 spiro atoms. The molecule has 2 unspecified atom stereocenters. The van der Waals surface area contributed by atoms with Gasteiger partial charge in [0.1, 0.15) is 24.0 Å². The fourth-order valence-corrected chi connectivity index (χ4v) is 4.02. The first-order chi connectivity index (χ1) is 15.0. The summed E-state index contributed by atoms with van der Waals surface area (Å²) < 4.78 is 5.42. The second-order valence-corrected chi connectivity index (χ2v) is 7.74. The molecule has 0 saturated heterocycles. The van der Waals surface area contributed by atoms with Crippen molar-refractivity contribution in [1.29, 1.82) is 0 Å². The number of carbonyl (C=O) groups excluding carboxylic acids is 1. The van der Waals surface area contributed by atoms with E-state index in [1.54, 1.807) is 0 Å². The lowest BCUT2D eigenvalue weighted by Gasteiger charge is -2.20. The molecule has 0 radical (unpaired) electrons. The molecule has 1 aliphatic carbocycles. The number of aliphatic hydroxyl groups excluding tert-OH is 2. The number of nitrogens with two attached hydrogens (primary N) is 1. The number of carbonyl (C=O) groups is 1. The number of pyridine rings is 1. The molecule has 1 heterocycles. The summed E-state index contributed by atoms with van der Waals surface area (Å²) in [5.41, 5.74) is 10.7. The zero-order chi connectivity index (χ0) is 22.0. The molecule has 0 bridgehead atoms.